The molecule has 0 atom stereocenters. The molecule has 5 nitrogen and oxygen atoms in total. The van der Waals surface area contributed by atoms with E-state index in [1.807, 2.05) is 0 Å². The first-order chi connectivity index (χ1) is 7.84. The third kappa shape index (κ3) is 3.34. The first-order valence-corrected chi connectivity index (χ1v) is 5.78. The van der Waals surface area contributed by atoms with Gasteiger partial charge in [-0.25, -0.2) is 4.98 Å². The third-order valence-corrected chi connectivity index (χ3v) is 2.74. The van der Waals surface area contributed by atoms with Crippen LogP contribution in [0.4, 0.5) is 11.8 Å². The van der Waals surface area contributed by atoms with E-state index in [0.29, 0.717) is 18.7 Å². The Balaban J connectivity index is 1.64. The fraction of sp³-hybridized carbons (Fsp3) is 0.636. The molecule has 88 valence electrons. The van der Waals surface area contributed by atoms with Crippen molar-refractivity contribution in [2.75, 3.05) is 24.2 Å². The number of nitrogen functional groups attached to an aromatic ring is 1. The normalized spacial score (nSPS) is 16.5. The lowest BCUT2D eigenvalue weighted by Gasteiger charge is -2.11. The van der Waals surface area contributed by atoms with Crippen molar-refractivity contribution < 1.29 is 4.74 Å². The molecular weight excluding hydrogens is 204 g/mol. The Labute approximate surface area is 95.4 Å². The molecule has 1 aliphatic rings. The molecule has 3 N–H and O–H groups in total. The first-order valence-electron chi connectivity index (χ1n) is 5.78. The van der Waals surface area contributed by atoms with Gasteiger partial charge in [-0.3, -0.25) is 0 Å². The number of nitrogens with zero attached hydrogens (tertiary/aromatic N) is 2. The van der Waals surface area contributed by atoms with Crippen molar-refractivity contribution in [2.24, 2.45) is 0 Å². The van der Waals surface area contributed by atoms with E-state index in [1.54, 1.807) is 12.3 Å². The van der Waals surface area contributed by atoms with Gasteiger partial charge in [0.1, 0.15) is 5.82 Å². The molecule has 5 heteroatoms. The molecule has 16 heavy (non-hydrogen) atoms. The quantitative estimate of drug-likeness (QED) is 0.737. The van der Waals surface area contributed by atoms with Gasteiger partial charge in [-0.1, -0.05) is 12.8 Å². The standard InChI is InChI=1S/C11H18N4O/c12-11-14-6-5-10(15-11)13-7-8-16-9-3-1-2-4-9/h5-6,9H,1-4,7-8H2,(H3,12,13,14,15). The Hall–Kier alpha value is -1.36. The molecule has 0 unspecified atom stereocenters. The zero-order valence-corrected chi connectivity index (χ0v) is 9.35. The van der Waals surface area contributed by atoms with Crippen molar-refractivity contribution >= 4 is 11.8 Å². The highest BCUT2D eigenvalue weighted by Gasteiger charge is 2.14. The molecule has 0 bridgehead atoms. The van der Waals surface area contributed by atoms with Gasteiger partial charge in [-0.15, -0.1) is 0 Å². The van der Waals surface area contributed by atoms with Gasteiger partial charge in [0.15, 0.2) is 0 Å². The second kappa shape index (κ2) is 5.65. The van der Waals surface area contributed by atoms with E-state index in [1.165, 1.54) is 25.7 Å². The molecule has 1 aromatic rings. The number of hydrogen-bond donors (Lipinski definition) is 2. The smallest absolute Gasteiger partial charge is 0.221 e. The van der Waals surface area contributed by atoms with Crippen molar-refractivity contribution in [2.45, 2.75) is 31.8 Å². The van der Waals surface area contributed by atoms with Gasteiger partial charge in [0.05, 0.1) is 12.7 Å². The van der Waals surface area contributed by atoms with Crippen molar-refractivity contribution in [3.8, 4) is 0 Å². The second-order valence-electron chi connectivity index (χ2n) is 4.00. The van der Waals surface area contributed by atoms with E-state index in [4.69, 9.17) is 10.5 Å². The monoisotopic (exact) mass is 222 g/mol. The minimum absolute atomic E-state index is 0.293. The Morgan fingerprint density at radius 1 is 1.44 bits per heavy atom. The number of ether oxygens (including phenoxy) is 1. The Bertz CT molecular complexity index is 326. The van der Waals surface area contributed by atoms with Crippen LogP contribution in [0.5, 0.6) is 0 Å². The predicted octanol–water partition coefficient (Wildman–Crippen LogP) is 1.43. The average Bonchev–Trinajstić information content (AvgIpc) is 2.77. The van der Waals surface area contributed by atoms with Crippen LogP contribution in [0.1, 0.15) is 25.7 Å². The lowest BCUT2D eigenvalue weighted by molar-refractivity contribution is 0.0658. The minimum Gasteiger partial charge on any atom is -0.376 e. The summed E-state index contributed by atoms with van der Waals surface area (Å²) in [7, 11) is 0. The van der Waals surface area contributed by atoms with Gasteiger partial charge in [-0.2, -0.15) is 4.98 Å². The zero-order valence-electron chi connectivity index (χ0n) is 9.35. The summed E-state index contributed by atoms with van der Waals surface area (Å²) in [5, 5.41) is 3.15. The van der Waals surface area contributed by atoms with Gasteiger partial charge < -0.3 is 15.8 Å². The number of aromatic nitrogens is 2. The van der Waals surface area contributed by atoms with Crippen molar-refractivity contribution in [1.82, 2.24) is 9.97 Å². The highest BCUT2D eigenvalue weighted by atomic mass is 16.5. The summed E-state index contributed by atoms with van der Waals surface area (Å²) in [5.41, 5.74) is 5.47. The Morgan fingerprint density at radius 3 is 3.00 bits per heavy atom. The summed E-state index contributed by atoms with van der Waals surface area (Å²) in [6.07, 6.45) is 7.14. The van der Waals surface area contributed by atoms with Gasteiger partial charge in [-0.05, 0) is 18.9 Å². The van der Waals surface area contributed by atoms with Crippen LogP contribution in [0.3, 0.4) is 0 Å². The number of nitrogens with one attached hydrogen (secondary N) is 1. The van der Waals surface area contributed by atoms with E-state index in [9.17, 15) is 0 Å². The van der Waals surface area contributed by atoms with Crippen LogP contribution in [0, 0.1) is 0 Å². The van der Waals surface area contributed by atoms with E-state index in [0.717, 1.165) is 12.4 Å². The molecular formula is C11H18N4O. The molecule has 1 aliphatic carbocycles. The lowest BCUT2D eigenvalue weighted by Crippen LogP contribution is -2.16. The molecule has 1 fully saturated rings. The maximum absolute atomic E-state index is 5.72. The van der Waals surface area contributed by atoms with Crippen LogP contribution in [-0.2, 0) is 4.74 Å². The van der Waals surface area contributed by atoms with E-state index >= 15 is 0 Å². The summed E-state index contributed by atoms with van der Waals surface area (Å²) < 4.78 is 5.72. The van der Waals surface area contributed by atoms with Crippen LogP contribution < -0.4 is 11.1 Å². The minimum atomic E-state index is 0.293. The maximum Gasteiger partial charge on any atom is 0.221 e. The second-order valence-corrected chi connectivity index (χ2v) is 4.00. The van der Waals surface area contributed by atoms with Crippen molar-refractivity contribution in [1.29, 1.82) is 0 Å². The summed E-state index contributed by atoms with van der Waals surface area (Å²) in [6, 6.07) is 1.80. The fourth-order valence-corrected chi connectivity index (χ4v) is 1.93. The molecule has 0 radical (unpaired) electrons. The molecule has 0 aliphatic heterocycles. The van der Waals surface area contributed by atoms with Crippen LogP contribution >= 0.6 is 0 Å². The summed E-state index contributed by atoms with van der Waals surface area (Å²) in [6.45, 7) is 1.47. The fourth-order valence-electron chi connectivity index (χ4n) is 1.93. The molecule has 1 saturated carbocycles. The topological polar surface area (TPSA) is 73.1 Å². The Kier molecular flexibility index (Phi) is 3.93. The lowest BCUT2D eigenvalue weighted by atomic mass is 10.3. The molecule has 0 saturated heterocycles. The van der Waals surface area contributed by atoms with Crippen molar-refractivity contribution in [3.05, 3.63) is 12.3 Å². The van der Waals surface area contributed by atoms with E-state index in [2.05, 4.69) is 15.3 Å². The van der Waals surface area contributed by atoms with Gasteiger partial charge >= 0.3 is 0 Å². The summed E-state index contributed by atoms with van der Waals surface area (Å²) in [5.74, 6) is 1.05. The van der Waals surface area contributed by atoms with Crippen LogP contribution in [0.15, 0.2) is 12.3 Å². The highest BCUT2D eigenvalue weighted by molar-refractivity contribution is 5.37. The number of hydrogen-bond acceptors (Lipinski definition) is 5. The molecule has 0 aromatic carbocycles. The molecule has 1 heterocycles. The first kappa shape index (κ1) is 11.1. The number of rotatable bonds is 5. The molecule has 1 aromatic heterocycles. The maximum atomic E-state index is 5.72. The average molecular weight is 222 g/mol. The van der Waals surface area contributed by atoms with Crippen molar-refractivity contribution in [3.63, 3.8) is 0 Å². The van der Waals surface area contributed by atoms with Crippen LogP contribution in [0.25, 0.3) is 0 Å². The van der Waals surface area contributed by atoms with Gasteiger partial charge in [0.25, 0.3) is 0 Å². The molecule has 0 amide bonds. The SMILES string of the molecule is Nc1nccc(NCCOC2CCCC2)n1. The van der Waals surface area contributed by atoms with E-state index < -0.39 is 0 Å². The Morgan fingerprint density at radius 2 is 2.25 bits per heavy atom. The summed E-state index contributed by atoms with van der Waals surface area (Å²) in [4.78, 5) is 7.87. The third-order valence-electron chi connectivity index (χ3n) is 2.74. The van der Waals surface area contributed by atoms with Gasteiger partial charge in [0.2, 0.25) is 5.95 Å². The molecule has 0 spiro atoms. The number of anilines is 2. The van der Waals surface area contributed by atoms with Crippen LogP contribution in [0.2, 0.25) is 0 Å². The number of nitrogens with two attached hydrogens (primary N) is 1. The van der Waals surface area contributed by atoms with Crippen LogP contribution in [-0.4, -0.2) is 29.2 Å². The highest BCUT2D eigenvalue weighted by Crippen LogP contribution is 2.20. The predicted molar refractivity (Wildman–Crippen MR) is 63.1 cm³/mol. The zero-order chi connectivity index (χ0) is 11.2. The largest absolute Gasteiger partial charge is 0.376 e. The molecule has 2 rings (SSSR count). The summed E-state index contributed by atoms with van der Waals surface area (Å²) >= 11 is 0. The van der Waals surface area contributed by atoms with Gasteiger partial charge in [0, 0.05) is 12.7 Å². The van der Waals surface area contributed by atoms with E-state index in [-0.39, 0.29) is 0 Å².